The maximum Gasteiger partial charge on any atom is 0.469 e. The third-order valence-corrected chi connectivity index (χ3v) is 5.45. The normalized spacial score (nSPS) is 25.0. The number of halogens is 1. The summed E-state index contributed by atoms with van der Waals surface area (Å²) in [6.45, 7) is -0.593. The van der Waals surface area contributed by atoms with Crippen LogP contribution in [0.4, 0.5) is 0 Å². The minimum atomic E-state index is -4.74. The van der Waals surface area contributed by atoms with Crippen LogP contribution in [0.25, 0.3) is 22.4 Å². The van der Waals surface area contributed by atoms with Crippen molar-refractivity contribution in [2.75, 3.05) is 6.61 Å². The summed E-state index contributed by atoms with van der Waals surface area (Å²) in [5.74, 6) is 0. The standard InChI is InChI=1S/C16H16BrN4O7P/c17-9-3-1-2-8(4-9)11-12-15(19-6-18-11)21(7-20-12)16-14(23)13(22)10(28-16)5-27-29(24,25)26/h1-4,6-7,10,13-14,16,22-23H,5H2,(H2,24,25,26)/t10-,13-,14-,16-/m1/s1. The zero-order chi connectivity index (χ0) is 20.8. The van der Waals surface area contributed by atoms with E-state index in [1.54, 1.807) is 0 Å². The van der Waals surface area contributed by atoms with Gasteiger partial charge in [0.05, 0.1) is 12.9 Å². The van der Waals surface area contributed by atoms with E-state index in [0.29, 0.717) is 16.9 Å². The molecule has 3 heterocycles. The van der Waals surface area contributed by atoms with Gasteiger partial charge in [0.1, 0.15) is 35.8 Å². The molecule has 3 aromatic rings. The number of aliphatic hydroxyl groups excluding tert-OH is 2. The molecule has 1 aromatic carbocycles. The van der Waals surface area contributed by atoms with Crippen molar-refractivity contribution in [3.63, 3.8) is 0 Å². The molecule has 1 aliphatic rings. The Labute approximate surface area is 172 Å². The van der Waals surface area contributed by atoms with Gasteiger partial charge in [0, 0.05) is 10.0 Å². The first-order valence-electron chi connectivity index (χ1n) is 8.40. The summed E-state index contributed by atoms with van der Waals surface area (Å²) in [5.41, 5.74) is 2.20. The van der Waals surface area contributed by atoms with E-state index in [4.69, 9.17) is 14.5 Å². The maximum atomic E-state index is 10.9. The molecule has 13 heteroatoms. The van der Waals surface area contributed by atoms with Crippen LogP contribution in [0, 0.1) is 0 Å². The Bertz CT molecular complexity index is 1090. The first kappa shape index (κ1) is 20.5. The number of fused-ring (bicyclic) bond motifs is 1. The quantitative estimate of drug-likeness (QED) is 0.382. The Morgan fingerprint density at radius 1 is 1.21 bits per heavy atom. The van der Waals surface area contributed by atoms with Crippen molar-refractivity contribution in [2.24, 2.45) is 0 Å². The van der Waals surface area contributed by atoms with Gasteiger partial charge >= 0.3 is 7.82 Å². The summed E-state index contributed by atoms with van der Waals surface area (Å²) in [5, 5.41) is 20.6. The van der Waals surface area contributed by atoms with Crippen molar-refractivity contribution in [1.82, 2.24) is 19.5 Å². The van der Waals surface area contributed by atoms with Gasteiger partial charge in [-0.2, -0.15) is 0 Å². The van der Waals surface area contributed by atoms with Crippen molar-refractivity contribution in [1.29, 1.82) is 0 Å². The average Bonchev–Trinajstić information content (AvgIpc) is 3.21. The number of hydrogen-bond acceptors (Lipinski definition) is 8. The third-order valence-electron chi connectivity index (χ3n) is 4.48. The molecule has 11 nitrogen and oxygen atoms in total. The van der Waals surface area contributed by atoms with Crippen molar-refractivity contribution >= 4 is 34.9 Å². The average molecular weight is 487 g/mol. The van der Waals surface area contributed by atoms with Crippen molar-refractivity contribution in [3.8, 4) is 11.3 Å². The van der Waals surface area contributed by atoms with Crippen LogP contribution in [0.3, 0.4) is 0 Å². The largest absolute Gasteiger partial charge is 0.469 e. The number of imidazole rings is 1. The lowest BCUT2D eigenvalue weighted by atomic mass is 10.1. The first-order valence-corrected chi connectivity index (χ1v) is 10.7. The molecule has 0 bridgehead atoms. The van der Waals surface area contributed by atoms with Crippen LogP contribution in [0.2, 0.25) is 0 Å². The van der Waals surface area contributed by atoms with Gasteiger partial charge in [0.25, 0.3) is 0 Å². The lowest BCUT2D eigenvalue weighted by molar-refractivity contribution is -0.0504. The van der Waals surface area contributed by atoms with E-state index in [2.05, 4.69) is 35.4 Å². The molecular formula is C16H16BrN4O7P. The number of nitrogens with zero attached hydrogens (tertiary/aromatic N) is 4. The number of aromatic nitrogens is 4. The van der Waals surface area contributed by atoms with Gasteiger partial charge in [-0.1, -0.05) is 28.1 Å². The molecule has 1 aliphatic heterocycles. The van der Waals surface area contributed by atoms with Crippen LogP contribution in [0.5, 0.6) is 0 Å². The van der Waals surface area contributed by atoms with Crippen LogP contribution >= 0.6 is 23.8 Å². The molecule has 1 fully saturated rings. The monoisotopic (exact) mass is 486 g/mol. The molecule has 0 saturated carbocycles. The van der Waals surface area contributed by atoms with Crippen LogP contribution in [0.15, 0.2) is 41.4 Å². The minimum absolute atomic E-state index is 0.364. The van der Waals surface area contributed by atoms with E-state index < -0.39 is 39.0 Å². The summed E-state index contributed by atoms with van der Waals surface area (Å²) >= 11 is 3.41. The van der Waals surface area contributed by atoms with E-state index in [1.807, 2.05) is 24.3 Å². The minimum Gasteiger partial charge on any atom is -0.387 e. The lowest BCUT2D eigenvalue weighted by Gasteiger charge is -2.16. The van der Waals surface area contributed by atoms with Crippen molar-refractivity contribution in [3.05, 3.63) is 41.4 Å². The fourth-order valence-corrected chi connectivity index (χ4v) is 3.89. The summed E-state index contributed by atoms with van der Waals surface area (Å²) in [6.07, 6.45) is -2.29. The van der Waals surface area contributed by atoms with Crippen LogP contribution in [0.1, 0.15) is 6.23 Å². The Balaban J connectivity index is 1.67. The molecule has 4 rings (SSSR count). The van der Waals surface area contributed by atoms with E-state index >= 15 is 0 Å². The number of phosphoric ester groups is 1. The SMILES string of the molecule is O=P(O)(O)OC[C@H]1O[C@@H](n2cnc3c(-c4cccc(Br)c4)ncnc32)[C@H](O)[C@@H]1O. The molecule has 29 heavy (non-hydrogen) atoms. The Kier molecular flexibility index (Phi) is 5.53. The first-order chi connectivity index (χ1) is 13.7. The van der Waals surface area contributed by atoms with Gasteiger partial charge in [0.15, 0.2) is 11.9 Å². The van der Waals surface area contributed by atoms with E-state index in [0.717, 1.165) is 10.0 Å². The van der Waals surface area contributed by atoms with E-state index in [1.165, 1.54) is 17.2 Å². The van der Waals surface area contributed by atoms with Gasteiger partial charge in [-0.15, -0.1) is 0 Å². The van der Waals surface area contributed by atoms with E-state index in [9.17, 15) is 14.8 Å². The molecule has 0 amide bonds. The summed E-state index contributed by atoms with van der Waals surface area (Å²) in [7, 11) is -4.74. The topological polar surface area (TPSA) is 160 Å². The van der Waals surface area contributed by atoms with Gasteiger partial charge in [-0.05, 0) is 12.1 Å². The van der Waals surface area contributed by atoms with Crippen LogP contribution in [-0.2, 0) is 13.8 Å². The second-order valence-electron chi connectivity index (χ2n) is 6.39. The number of rotatable bonds is 5. The smallest absolute Gasteiger partial charge is 0.387 e. The van der Waals surface area contributed by atoms with Crippen molar-refractivity contribution in [2.45, 2.75) is 24.5 Å². The Morgan fingerprint density at radius 3 is 2.72 bits per heavy atom. The lowest BCUT2D eigenvalue weighted by Crippen LogP contribution is -2.33. The Morgan fingerprint density at radius 2 is 2.00 bits per heavy atom. The summed E-state index contributed by atoms with van der Waals surface area (Å²) < 4.78 is 23.2. The highest BCUT2D eigenvalue weighted by Gasteiger charge is 2.45. The fourth-order valence-electron chi connectivity index (χ4n) is 3.15. The van der Waals surface area contributed by atoms with Crippen LogP contribution in [-0.4, -0.2) is 64.4 Å². The number of aliphatic hydroxyl groups is 2. The fraction of sp³-hybridized carbons (Fsp3) is 0.312. The predicted octanol–water partition coefficient (Wildman–Crippen LogP) is 0.984. The van der Waals surface area contributed by atoms with Gasteiger partial charge in [0.2, 0.25) is 0 Å². The van der Waals surface area contributed by atoms with Crippen molar-refractivity contribution < 1.29 is 33.8 Å². The second kappa shape index (κ2) is 7.82. The second-order valence-corrected chi connectivity index (χ2v) is 8.54. The highest BCUT2D eigenvalue weighted by molar-refractivity contribution is 9.10. The summed E-state index contributed by atoms with van der Waals surface area (Å²) in [4.78, 5) is 30.5. The van der Waals surface area contributed by atoms with Gasteiger partial charge < -0.3 is 24.7 Å². The van der Waals surface area contributed by atoms with Crippen LogP contribution < -0.4 is 0 Å². The number of benzene rings is 1. The predicted molar refractivity (Wildman–Crippen MR) is 102 cm³/mol. The molecule has 154 valence electrons. The molecule has 1 saturated heterocycles. The molecule has 4 N–H and O–H groups in total. The summed E-state index contributed by atoms with van der Waals surface area (Å²) in [6, 6.07) is 7.48. The molecule has 4 atom stereocenters. The Hall–Kier alpha value is -1.76. The molecule has 0 aliphatic carbocycles. The maximum absolute atomic E-state index is 10.9. The molecule has 2 aromatic heterocycles. The van der Waals surface area contributed by atoms with Gasteiger partial charge in [-0.3, -0.25) is 9.09 Å². The molecule has 0 unspecified atom stereocenters. The third kappa shape index (κ3) is 4.11. The highest BCUT2D eigenvalue weighted by Crippen LogP contribution is 2.39. The number of ether oxygens (including phenoxy) is 1. The molecule has 0 radical (unpaired) electrons. The highest BCUT2D eigenvalue weighted by atomic mass is 79.9. The molecular weight excluding hydrogens is 471 g/mol. The van der Waals surface area contributed by atoms with Gasteiger partial charge in [-0.25, -0.2) is 19.5 Å². The number of phosphoric acid groups is 1. The zero-order valence-corrected chi connectivity index (χ0v) is 17.1. The zero-order valence-electron chi connectivity index (χ0n) is 14.6. The number of hydrogen-bond donors (Lipinski definition) is 4. The molecule has 0 spiro atoms. The van der Waals surface area contributed by atoms with E-state index in [-0.39, 0.29) is 0 Å².